The summed E-state index contributed by atoms with van der Waals surface area (Å²) in [7, 11) is 1.69. The highest BCUT2D eigenvalue weighted by molar-refractivity contribution is 7.14. The van der Waals surface area contributed by atoms with Crippen LogP contribution in [0.15, 0.2) is 22.7 Å². The van der Waals surface area contributed by atoms with Crippen LogP contribution >= 0.6 is 11.3 Å². The van der Waals surface area contributed by atoms with Gasteiger partial charge in [0.15, 0.2) is 5.13 Å². The molecule has 0 aromatic carbocycles. The number of halogens is 1. The maximum Gasteiger partial charge on any atom is 0.231 e. The fourth-order valence-electron chi connectivity index (χ4n) is 5.95. The second-order valence-corrected chi connectivity index (χ2v) is 11.5. The van der Waals surface area contributed by atoms with E-state index in [0.29, 0.717) is 52.5 Å². The topological polar surface area (TPSA) is 79.5 Å². The van der Waals surface area contributed by atoms with Crippen LogP contribution in [0.3, 0.4) is 0 Å². The number of carbonyl (C=O) groups excluding carboxylic acids is 2. The Bertz CT molecular complexity index is 1330. The molecule has 1 aliphatic carbocycles. The number of aryl methyl sites for hydroxylation is 2. The van der Waals surface area contributed by atoms with E-state index >= 15 is 4.39 Å². The van der Waals surface area contributed by atoms with E-state index in [1.165, 1.54) is 30.6 Å². The van der Waals surface area contributed by atoms with E-state index in [1.807, 2.05) is 26.0 Å². The molecule has 2 aliphatic rings. The van der Waals surface area contributed by atoms with Gasteiger partial charge in [-0.15, -0.1) is 0 Å². The fourth-order valence-corrected chi connectivity index (χ4v) is 6.72. The summed E-state index contributed by atoms with van der Waals surface area (Å²) in [5.74, 6) is 2.38. The third kappa shape index (κ3) is 5.00. The Morgan fingerprint density at radius 2 is 1.95 bits per heavy atom. The molecule has 1 saturated carbocycles. The van der Waals surface area contributed by atoms with Gasteiger partial charge in [-0.2, -0.15) is 4.39 Å². The number of pyridine rings is 1. The molecular formula is C29H35FN4O3S. The van der Waals surface area contributed by atoms with Crippen LogP contribution in [0.5, 0.6) is 0 Å². The van der Waals surface area contributed by atoms with E-state index in [-0.39, 0.29) is 23.4 Å². The summed E-state index contributed by atoms with van der Waals surface area (Å²) >= 11 is 0.883. The Kier molecular flexibility index (Phi) is 7.66. The number of aromatic nitrogens is 2. The van der Waals surface area contributed by atoms with Crippen molar-refractivity contribution >= 4 is 34.1 Å². The number of nitrogens with zero attached hydrogens (tertiary/aromatic N) is 4. The van der Waals surface area contributed by atoms with E-state index in [0.717, 1.165) is 36.2 Å². The molecule has 2 fully saturated rings. The lowest BCUT2D eigenvalue weighted by atomic mass is 9.90. The zero-order valence-corrected chi connectivity index (χ0v) is 23.4. The van der Waals surface area contributed by atoms with Crippen LogP contribution in [0.4, 0.5) is 15.3 Å². The molecule has 202 valence electrons. The molecule has 38 heavy (non-hydrogen) atoms. The summed E-state index contributed by atoms with van der Waals surface area (Å²) in [4.78, 5) is 37.8. The molecule has 0 radical (unpaired) electrons. The van der Waals surface area contributed by atoms with Crippen LogP contribution in [-0.4, -0.2) is 35.4 Å². The highest BCUT2D eigenvalue weighted by Gasteiger charge is 2.31. The number of furan rings is 1. The second-order valence-electron chi connectivity index (χ2n) is 10.5. The molecule has 0 N–H and O–H groups in total. The quantitative estimate of drug-likeness (QED) is 0.311. The minimum atomic E-state index is -0.458. The lowest BCUT2D eigenvalue weighted by Crippen LogP contribution is -2.33. The molecule has 4 heterocycles. The van der Waals surface area contributed by atoms with Crippen molar-refractivity contribution in [2.24, 2.45) is 11.8 Å². The van der Waals surface area contributed by atoms with Crippen molar-refractivity contribution in [3.63, 3.8) is 0 Å². The van der Waals surface area contributed by atoms with E-state index in [9.17, 15) is 9.59 Å². The summed E-state index contributed by atoms with van der Waals surface area (Å²) in [6.45, 7) is 6.33. The number of thiazole rings is 1. The van der Waals surface area contributed by atoms with Gasteiger partial charge in [0.05, 0.1) is 5.56 Å². The third-order valence-electron chi connectivity index (χ3n) is 8.01. The first kappa shape index (κ1) is 26.5. The van der Waals surface area contributed by atoms with Gasteiger partial charge in [0, 0.05) is 43.3 Å². The van der Waals surface area contributed by atoms with Crippen molar-refractivity contribution in [2.75, 3.05) is 23.4 Å². The van der Waals surface area contributed by atoms with Gasteiger partial charge in [0.25, 0.3) is 0 Å². The van der Waals surface area contributed by atoms with Gasteiger partial charge in [-0.25, -0.2) is 9.97 Å². The minimum absolute atomic E-state index is 0.00346. The molecule has 2 amide bonds. The van der Waals surface area contributed by atoms with Gasteiger partial charge in [0.2, 0.25) is 16.9 Å². The molecule has 3 aromatic rings. The zero-order valence-electron chi connectivity index (χ0n) is 22.6. The monoisotopic (exact) mass is 538 g/mol. The van der Waals surface area contributed by atoms with Crippen molar-refractivity contribution in [1.82, 2.24) is 9.97 Å². The molecule has 1 saturated heterocycles. The maximum absolute atomic E-state index is 15.4. The van der Waals surface area contributed by atoms with Crippen molar-refractivity contribution in [1.29, 1.82) is 0 Å². The van der Waals surface area contributed by atoms with Gasteiger partial charge in [-0.1, -0.05) is 43.9 Å². The van der Waals surface area contributed by atoms with E-state index < -0.39 is 5.13 Å². The first-order valence-corrected chi connectivity index (χ1v) is 14.4. The second kappa shape index (κ2) is 11.0. The normalized spacial score (nSPS) is 17.0. The first-order valence-electron chi connectivity index (χ1n) is 13.6. The molecule has 9 heteroatoms. The van der Waals surface area contributed by atoms with Crippen molar-refractivity contribution < 1.29 is 18.4 Å². The SMILES string of the molecule is CC[C@H](CC1CCCC1)C(=O)N(C)c1nc(-c2c(C)oc(C)c2-c2ccc(N3CCCC3=O)nc2)c(F)s1. The first-order chi connectivity index (χ1) is 18.3. The Hall–Kier alpha value is -3.07. The summed E-state index contributed by atoms with van der Waals surface area (Å²) in [5, 5.41) is -0.113. The lowest BCUT2D eigenvalue weighted by molar-refractivity contribution is -0.122. The van der Waals surface area contributed by atoms with Gasteiger partial charge in [-0.05, 0) is 51.2 Å². The van der Waals surface area contributed by atoms with Crippen LogP contribution in [0.2, 0.25) is 0 Å². The number of carbonyl (C=O) groups is 2. The van der Waals surface area contributed by atoms with Crippen LogP contribution in [0, 0.1) is 30.8 Å². The number of hydrogen-bond acceptors (Lipinski definition) is 6. The Morgan fingerprint density at radius 1 is 1.21 bits per heavy atom. The average molecular weight is 539 g/mol. The summed E-state index contributed by atoms with van der Waals surface area (Å²) in [6, 6.07) is 3.69. The average Bonchev–Trinajstić information content (AvgIpc) is 3.70. The number of amides is 2. The molecule has 1 aliphatic heterocycles. The van der Waals surface area contributed by atoms with Crippen LogP contribution in [0.25, 0.3) is 22.4 Å². The van der Waals surface area contributed by atoms with Gasteiger partial charge in [-0.3, -0.25) is 19.4 Å². The summed E-state index contributed by atoms with van der Waals surface area (Å²) < 4.78 is 21.4. The zero-order chi connectivity index (χ0) is 27.0. The molecule has 3 aromatic heterocycles. The van der Waals surface area contributed by atoms with E-state index in [2.05, 4.69) is 9.97 Å². The lowest BCUT2D eigenvalue weighted by Gasteiger charge is -2.23. The van der Waals surface area contributed by atoms with Gasteiger partial charge in [0.1, 0.15) is 23.0 Å². The van der Waals surface area contributed by atoms with E-state index in [1.54, 1.807) is 25.1 Å². The largest absolute Gasteiger partial charge is 0.465 e. The van der Waals surface area contributed by atoms with Crippen molar-refractivity contribution in [3.8, 4) is 22.4 Å². The Balaban J connectivity index is 1.43. The van der Waals surface area contributed by atoms with Gasteiger partial charge >= 0.3 is 0 Å². The Labute approximate surface area is 227 Å². The summed E-state index contributed by atoms with van der Waals surface area (Å²) in [5.41, 5.74) is 2.21. The highest BCUT2D eigenvalue weighted by Crippen LogP contribution is 2.43. The van der Waals surface area contributed by atoms with Crippen LogP contribution in [0.1, 0.15) is 69.8 Å². The third-order valence-corrected chi connectivity index (χ3v) is 8.93. The predicted octanol–water partition coefficient (Wildman–Crippen LogP) is 6.92. The summed E-state index contributed by atoms with van der Waals surface area (Å²) in [6.07, 6.45) is 9.57. The van der Waals surface area contributed by atoms with Gasteiger partial charge < -0.3 is 4.42 Å². The molecule has 1 atom stereocenters. The van der Waals surface area contributed by atoms with Crippen molar-refractivity contribution in [3.05, 3.63) is 35.0 Å². The molecule has 0 spiro atoms. The number of rotatable bonds is 8. The smallest absolute Gasteiger partial charge is 0.231 e. The standard InChI is InChI=1S/C29H35FN4O3S/c1-5-20(15-19-9-6-7-10-19)28(36)33(4)29-32-26(27(30)38-29)25-18(3)37-17(2)24(25)21-12-13-22(31-16-21)34-14-8-11-23(34)35/h12-13,16,19-20H,5-11,14-15H2,1-4H3/t20-/m1/s1. The van der Waals surface area contributed by atoms with E-state index in [4.69, 9.17) is 4.42 Å². The highest BCUT2D eigenvalue weighted by atomic mass is 32.1. The maximum atomic E-state index is 15.4. The van der Waals surface area contributed by atoms with Crippen LogP contribution < -0.4 is 9.80 Å². The van der Waals surface area contributed by atoms with Crippen LogP contribution in [-0.2, 0) is 9.59 Å². The predicted molar refractivity (Wildman–Crippen MR) is 148 cm³/mol. The molecule has 0 unspecified atom stereocenters. The molecule has 7 nitrogen and oxygen atoms in total. The number of anilines is 2. The number of hydrogen-bond donors (Lipinski definition) is 0. The molecule has 0 bridgehead atoms. The fraction of sp³-hybridized carbons (Fsp3) is 0.517. The molecular weight excluding hydrogens is 503 g/mol. The minimum Gasteiger partial charge on any atom is -0.465 e. The Morgan fingerprint density at radius 3 is 2.58 bits per heavy atom. The van der Waals surface area contributed by atoms with Crippen molar-refractivity contribution in [2.45, 2.75) is 72.1 Å². The molecule has 5 rings (SSSR count).